The van der Waals surface area contributed by atoms with E-state index in [-0.39, 0.29) is 18.4 Å². The molecule has 0 bridgehead atoms. The molecule has 2 aliphatic rings. The fourth-order valence-corrected chi connectivity index (χ4v) is 3.54. The van der Waals surface area contributed by atoms with Crippen LogP contribution in [-0.2, 0) is 9.59 Å². The summed E-state index contributed by atoms with van der Waals surface area (Å²) >= 11 is 0. The lowest BCUT2D eigenvalue weighted by molar-refractivity contribution is -0.134. The minimum Gasteiger partial charge on any atom is -0.354 e. The van der Waals surface area contributed by atoms with Gasteiger partial charge in [0, 0.05) is 6.54 Å². The lowest BCUT2D eigenvalue weighted by atomic mass is 9.98. The van der Waals surface area contributed by atoms with Crippen molar-refractivity contribution in [2.45, 2.75) is 70.8 Å². The number of urea groups is 1. The number of rotatable bonds is 8. The highest BCUT2D eigenvalue weighted by molar-refractivity contribution is 6.09. The Labute approximate surface area is 138 Å². The Hall–Kier alpha value is -1.59. The molecule has 0 unspecified atom stereocenters. The first kappa shape index (κ1) is 17.8. The molecule has 0 aromatic heterocycles. The van der Waals surface area contributed by atoms with Crippen molar-refractivity contribution in [1.29, 1.82) is 0 Å². The summed E-state index contributed by atoms with van der Waals surface area (Å²) in [6.45, 7) is 4.72. The van der Waals surface area contributed by atoms with E-state index in [0.29, 0.717) is 25.3 Å². The lowest BCUT2D eigenvalue weighted by Gasteiger charge is -2.20. The zero-order chi connectivity index (χ0) is 16.9. The maximum absolute atomic E-state index is 12.5. The maximum atomic E-state index is 12.5. The second-order valence-corrected chi connectivity index (χ2v) is 6.83. The van der Waals surface area contributed by atoms with Gasteiger partial charge in [-0.2, -0.15) is 0 Å². The van der Waals surface area contributed by atoms with Crippen molar-refractivity contribution < 1.29 is 14.4 Å². The first-order valence-corrected chi connectivity index (χ1v) is 8.93. The van der Waals surface area contributed by atoms with Gasteiger partial charge in [0.15, 0.2) is 0 Å². The Balaban J connectivity index is 1.83. The van der Waals surface area contributed by atoms with Crippen molar-refractivity contribution in [2.75, 3.05) is 13.1 Å². The van der Waals surface area contributed by atoms with Crippen LogP contribution in [-0.4, -0.2) is 41.4 Å². The van der Waals surface area contributed by atoms with E-state index in [1.54, 1.807) is 0 Å². The molecule has 2 rings (SSSR count). The van der Waals surface area contributed by atoms with Crippen LogP contribution < -0.4 is 10.6 Å². The molecule has 4 amide bonds. The van der Waals surface area contributed by atoms with E-state index in [0.717, 1.165) is 43.4 Å². The van der Waals surface area contributed by atoms with Gasteiger partial charge in [-0.05, 0) is 25.2 Å². The molecule has 1 aliphatic heterocycles. The van der Waals surface area contributed by atoms with Crippen LogP contribution in [0.15, 0.2) is 0 Å². The van der Waals surface area contributed by atoms with Gasteiger partial charge in [0.25, 0.3) is 5.91 Å². The number of imide groups is 1. The Morgan fingerprint density at radius 3 is 2.61 bits per heavy atom. The molecule has 130 valence electrons. The van der Waals surface area contributed by atoms with Gasteiger partial charge in [0.2, 0.25) is 5.91 Å². The molecule has 1 aliphatic carbocycles. The summed E-state index contributed by atoms with van der Waals surface area (Å²) in [7, 11) is 0. The smallest absolute Gasteiger partial charge is 0.325 e. The van der Waals surface area contributed by atoms with E-state index in [1.165, 1.54) is 0 Å². The maximum Gasteiger partial charge on any atom is 0.325 e. The third-order valence-electron chi connectivity index (χ3n) is 5.14. The van der Waals surface area contributed by atoms with E-state index in [9.17, 15) is 14.4 Å². The number of hydrogen-bond donors (Lipinski definition) is 2. The third-order valence-corrected chi connectivity index (χ3v) is 5.14. The average molecular weight is 323 g/mol. The van der Waals surface area contributed by atoms with Gasteiger partial charge in [-0.3, -0.25) is 14.5 Å². The number of carbonyl (C=O) groups is 3. The zero-order valence-corrected chi connectivity index (χ0v) is 14.3. The predicted octanol–water partition coefficient (Wildman–Crippen LogP) is 2.18. The van der Waals surface area contributed by atoms with Gasteiger partial charge in [0.05, 0.1) is 0 Å². The van der Waals surface area contributed by atoms with Crippen molar-refractivity contribution in [2.24, 2.45) is 5.92 Å². The predicted molar refractivity (Wildman–Crippen MR) is 87.8 cm³/mol. The summed E-state index contributed by atoms with van der Waals surface area (Å²) in [5.74, 6) is -0.0187. The molecule has 0 aromatic carbocycles. The number of carbonyl (C=O) groups excluding carboxylic acids is 3. The second-order valence-electron chi connectivity index (χ2n) is 6.83. The standard InChI is InChI=1S/C17H29N3O3/c1-3-5-8-13(4-2)11-18-14(21)12-20-15(22)17(19-16(20)23)9-6-7-10-17/h13H,3-12H2,1-2H3,(H,18,21)(H,19,23)/t13-/m0/s1. The fraction of sp³-hybridized carbons (Fsp3) is 0.824. The summed E-state index contributed by atoms with van der Waals surface area (Å²) < 4.78 is 0. The van der Waals surface area contributed by atoms with Crippen LogP contribution >= 0.6 is 0 Å². The largest absolute Gasteiger partial charge is 0.354 e. The zero-order valence-electron chi connectivity index (χ0n) is 14.3. The van der Waals surface area contributed by atoms with E-state index in [4.69, 9.17) is 0 Å². The molecule has 6 nitrogen and oxygen atoms in total. The Bertz CT molecular complexity index is 458. The highest BCUT2D eigenvalue weighted by atomic mass is 16.2. The van der Waals surface area contributed by atoms with Gasteiger partial charge >= 0.3 is 6.03 Å². The molecule has 1 saturated heterocycles. The Morgan fingerprint density at radius 1 is 1.30 bits per heavy atom. The fourth-order valence-electron chi connectivity index (χ4n) is 3.54. The minimum absolute atomic E-state index is 0.170. The molecule has 1 spiro atoms. The van der Waals surface area contributed by atoms with Crippen LogP contribution in [0.5, 0.6) is 0 Å². The molecule has 2 N–H and O–H groups in total. The van der Waals surface area contributed by atoms with Crippen molar-refractivity contribution in [1.82, 2.24) is 15.5 Å². The van der Waals surface area contributed by atoms with Gasteiger partial charge in [-0.25, -0.2) is 4.79 Å². The summed E-state index contributed by atoms with van der Waals surface area (Å²) in [6.07, 6.45) is 7.68. The lowest BCUT2D eigenvalue weighted by Crippen LogP contribution is -2.45. The van der Waals surface area contributed by atoms with Crippen LogP contribution in [0.4, 0.5) is 4.79 Å². The highest BCUT2D eigenvalue weighted by Crippen LogP contribution is 2.34. The van der Waals surface area contributed by atoms with E-state index in [2.05, 4.69) is 24.5 Å². The van der Waals surface area contributed by atoms with E-state index in [1.807, 2.05) is 0 Å². The number of unbranched alkanes of at least 4 members (excludes halogenated alkanes) is 1. The summed E-state index contributed by atoms with van der Waals surface area (Å²) in [5, 5.41) is 5.67. The first-order chi connectivity index (χ1) is 11.0. The molecular formula is C17H29N3O3. The van der Waals surface area contributed by atoms with Gasteiger partial charge < -0.3 is 10.6 Å². The van der Waals surface area contributed by atoms with Crippen LogP contribution in [0.3, 0.4) is 0 Å². The van der Waals surface area contributed by atoms with E-state index < -0.39 is 11.6 Å². The molecule has 1 heterocycles. The number of nitrogens with zero attached hydrogens (tertiary/aromatic N) is 1. The van der Waals surface area contributed by atoms with E-state index >= 15 is 0 Å². The Kier molecular flexibility index (Phi) is 6.02. The Morgan fingerprint density at radius 2 is 2.00 bits per heavy atom. The second kappa shape index (κ2) is 7.79. The topological polar surface area (TPSA) is 78.5 Å². The molecule has 1 atom stereocenters. The molecule has 23 heavy (non-hydrogen) atoms. The van der Waals surface area contributed by atoms with Crippen LogP contribution in [0.2, 0.25) is 0 Å². The van der Waals surface area contributed by atoms with Crippen LogP contribution in [0.1, 0.15) is 65.2 Å². The molecule has 2 fully saturated rings. The van der Waals surface area contributed by atoms with Gasteiger partial charge in [-0.1, -0.05) is 46.0 Å². The van der Waals surface area contributed by atoms with Gasteiger partial charge in [-0.15, -0.1) is 0 Å². The normalized spacial score (nSPS) is 20.9. The average Bonchev–Trinajstić information content (AvgIpc) is 3.09. The summed E-state index contributed by atoms with van der Waals surface area (Å²) in [6, 6.07) is -0.426. The van der Waals surface area contributed by atoms with Crippen molar-refractivity contribution in [3.8, 4) is 0 Å². The van der Waals surface area contributed by atoms with Crippen LogP contribution in [0, 0.1) is 5.92 Å². The number of nitrogens with one attached hydrogen (secondary N) is 2. The molecule has 0 radical (unpaired) electrons. The van der Waals surface area contributed by atoms with Gasteiger partial charge in [0.1, 0.15) is 12.1 Å². The molecule has 0 aromatic rings. The molecule has 1 saturated carbocycles. The number of hydrogen-bond acceptors (Lipinski definition) is 3. The SMILES string of the molecule is CCCC[C@H](CC)CNC(=O)CN1C(=O)NC2(CCCC2)C1=O. The third kappa shape index (κ3) is 4.03. The van der Waals surface area contributed by atoms with Crippen molar-refractivity contribution in [3.63, 3.8) is 0 Å². The quantitative estimate of drug-likeness (QED) is 0.672. The van der Waals surface area contributed by atoms with Crippen molar-refractivity contribution in [3.05, 3.63) is 0 Å². The van der Waals surface area contributed by atoms with Crippen molar-refractivity contribution >= 4 is 17.8 Å². The highest BCUT2D eigenvalue weighted by Gasteiger charge is 2.52. The molecular weight excluding hydrogens is 294 g/mol. The summed E-state index contributed by atoms with van der Waals surface area (Å²) in [5.41, 5.74) is -0.732. The number of amides is 4. The van der Waals surface area contributed by atoms with Crippen LogP contribution in [0.25, 0.3) is 0 Å². The monoisotopic (exact) mass is 323 g/mol. The molecule has 6 heteroatoms. The minimum atomic E-state index is -0.732. The summed E-state index contributed by atoms with van der Waals surface area (Å²) in [4.78, 5) is 37.7. The first-order valence-electron chi connectivity index (χ1n) is 8.93.